The standard InChI is InChI=1S/C10H10N2O2/c11-9(10(13)14)8-5-6-3-1-2-4-7(6)12-8/h1-5,9,12H,11H2,(H,13,14). The molecule has 14 heavy (non-hydrogen) atoms. The number of hydrogen-bond donors (Lipinski definition) is 3. The number of carbonyl (C=O) groups is 1. The summed E-state index contributed by atoms with van der Waals surface area (Å²) in [5.41, 5.74) is 6.90. The van der Waals surface area contributed by atoms with E-state index in [0.29, 0.717) is 5.69 Å². The molecular formula is C10H10N2O2. The molecular weight excluding hydrogens is 180 g/mol. The molecule has 4 heteroatoms. The van der Waals surface area contributed by atoms with Gasteiger partial charge in [-0.2, -0.15) is 0 Å². The van der Waals surface area contributed by atoms with Crippen molar-refractivity contribution in [1.29, 1.82) is 0 Å². The van der Waals surface area contributed by atoms with Crippen molar-refractivity contribution in [1.82, 2.24) is 4.98 Å². The fraction of sp³-hybridized carbons (Fsp3) is 0.100. The number of carboxylic acid groups (broad SMARTS) is 1. The van der Waals surface area contributed by atoms with Gasteiger partial charge in [0.25, 0.3) is 0 Å². The van der Waals surface area contributed by atoms with E-state index < -0.39 is 12.0 Å². The zero-order valence-corrected chi connectivity index (χ0v) is 7.40. The predicted molar refractivity (Wildman–Crippen MR) is 52.9 cm³/mol. The number of benzene rings is 1. The Labute approximate surface area is 80.3 Å². The van der Waals surface area contributed by atoms with E-state index in [4.69, 9.17) is 10.8 Å². The Hall–Kier alpha value is -1.81. The molecule has 0 saturated heterocycles. The topological polar surface area (TPSA) is 79.1 Å². The van der Waals surface area contributed by atoms with Crippen molar-refractivity contribution in [3.63, 3.8) is 0 Å². The van der Waals surface area contributed by atoms with Gasteiger partial charge in [0.1, 0.15) is 6.04 Å². The number of rotatable bonds is 2. The molecule has 1 heterocycles. The minimum absolute atomic E-state index is 0.527. The Morgan fingerprint density at radius 3 is 2.79 bits per heavy atom. The number of fused-ring (bicyclic) bond motifs is 1. The third-order valence-corrected chi connectivity index (χ3v) is 2.15. The van der Waals surface area contributed by atoms with Crippen molar-refractivity contribution >= 4 is 16.9 Å². The Bertz CT molecular complexity index is 443. The van der Waals surface area contributed by atoms with Gasteiger partial charge in [-0.3, -0.25) is 4.79 Å². The lowest BCUT2D eigenvalue weighted by molar-refractivity contribution is -0.138. The quantitative estimate of drug-likeness (QED) is 0.666. The fourth-order valence-electron chi connectivity index (χ4n) is 1.40. The molecule has 0 radical (unpaired) electrons. The smallest absolute Gasteiger partial charge is 0.326 e. The van der Waals surface area contributed by atoms with Crippen molar-refractivity contribution in [2.75, 3.05) is 0 Å². The highest BCUT2D eigenvalue weighted by Gasteiger charge is 2.15. The summed E-state index contributed by atoms with van der Waals surface area (Å²) in [6.45, 7) is 0. The highest BCUT2D eigenvalue weighted by molar-refractivity contribution is 5.83. The van der Waals surface area contributed by atoms with Crippen LogP contribution in [0.15, 0.2) is 30.3 Å². The number of hydrogen-bond acceptors (Lipinski definition) is 2. The largest absolute Gasteiger partial charge is 0.480 e. The number of aromatic nitrogens is 1. The lowest BCUT2D eigenvalue weighted by Gasteiger charge is -2.01. The minimum atomic E-state index is -1.03. The van der Waals surface area contributed by atoms with E-state index in [2.05, 4.69) is 4.98 Å². The number of nitrogens with one attached hydrogen (secondary N) is 1. The third kappa shape index (κ3) is 1.36. The highest BCUT2D eigenvalue weighted by Crippen LogP contribution is 2.18. The SMILES string of the molecule is NC(C(=O)O)c1cc2ccccc2[nH]1. The first-order chi connectivity index (χ1) is 6.68. The Kier molecular flexibility index (Phi) is 1.98. The molecule has 1 aromatic carbocycles. The number of carboxylic acids is 1. The molecule has 2 aromatic rings. The first-order valence-corrected chi connectivity index (χ1v) is 4.24. The molecule has 1 atom stereocenters. The van der Waals surface area contributed by atoms with Crippen LogP contribution in [0.25, 0.3) is 10.9 Å². The van der Waals surface area contributed by atoms with Gasteiger partial charge in [-0.15, -0.1) is 0 Å². The van der Waals surface area contributed by atoms with E-state index in [1.54, 1.807) is 6.07 Å². The Morgan fingerprint density at radius 2 is 2.14 bits per heavy atom. The predicted octanol–water partition coefficient (Wildman–Crippen LogP) is 1.25. The average Bonchev–Trinajstić information content (AvgIpc) is 2.59. The number of para-hydroxylation sites is 1. The summed E-state index contributed by atoms with van der Waals surface area (Å²) >= 11 is 0. The molecule has 0 fully saturated rings. The second kappa shape index (κ2) is 3.16. The molecule has 72 valence electrons. The second-order valence-electron chi connectivity index (χ2n) is 3.13. The van der Waals surface area contributed by atoms with Crippen LogP contribution >= 0.6 is 0 Å². The van der Waals surface area contributed by atoms with Crippen LogP contribution in [0.4, 0.5) is 0 Å². The highest BCUT2D eigenvalue weighted by atomic mass is 16.4. The number of aliphatic carboxylic acids is 1. The number of nitrogens with two attached hydrogens (primary N) is 1. The van der Waals surface area contributed by atoms with Gasteiger partial charge in [0.15, 0.2) is 0 Å². The van der Waals surface area contributed by atoms with E-state index >= 15 is 0 Å². The van der Waals surface area contributed by atoms with Crippen molar-refractivity contribution in [2.45, 2.75) is 6.04 Å². The van der Waals surface area contributed by atoms with Crippen LogP contribution in [0.1, 0.15) is 11.7 Å². The molecule has 4 N–H and O–H groups in total. The molecule has 0 saturated carbocycles. The van der Waals surface area contributed by atoms with E-state index in [1.165, 1.54) is 0 Å². The van der Waals surface area contributed by atoms with Crippen LogP contribution in [-0.2, 0) is 4.79 Å². The molecule has 0 aliphatic rings. The van der Waals surface area contributed by atoms with Crippen LogP contribution in [0.3, 0.4) is 0 Å². The monoisotopic (exact) mass is 190 g/mol. The van der Waals surface area contributed by atoms with E-state index in [9.17, 15) is 4.79 Å². The summed E-state index contributed by atoms with van der Waals surface area (Å²) in [7, 11) is 0. The normalized spacial score (nSPS) is 12.9. The summed E-state index contributed by atoms with van der Waals surface area (Å²) in [5.74, 6) is -1.03. The first kappa shape index (κ1) is 8.77. The average molecular weight is 190 g/mol. The van der Waals surface area contributed by atoms with Crippen molar-refractivity contribution < 1.29 is 9.90 Å². The molecule has 1 aromatic heterocycles. The van der Waals surface area contributed by atoms with Crippen LogP contribution in [0.5, 0.6) is 0 Å². The summed E-state index contributed by atoms with van der Waals surface area (Å²) in [6.07, 6.45) is 0. The summed E-state index contributed by atoms with van der Waals surface area (Å²) < 4.78 is 0. The van der Waals surface area contributed by atoms with Gasteiger partial charge in [0, 0.05) is 11.2 Å². The maximum Gasteiger partial charge on any atom is 0.326 e. The van der Waals surface area contributed by atoms with Gasteiger partial charge >= 0.3 is 5.97 Å². The van der Waals surface area contributed by atoms with Crippen LogP contribution < -0.4 is 5.73 Å². The fourth-order valence-corrected chi connectivity index (χ4v) is 1.40. The van der Waals surface area contributed by atoms with Crippen molar-refractivity contribution in [2.24, 2.45) is 5.73 Å². The summed E-state index contributed by atoms with van der Waals surface area (Å²) in [6, 6.07) is 8.34. The molecule has 0 aliphatic carbocycles. The van der Waals surface area contributed by atoms with E-state index in [-0.39, 0.29) is 0 Å². The van der Waals surface area contributed by atoms with E-state index in [1.807, 2.05) is 24.3 Å². The Morgan fingerprint density at radius 1 is 1.43 bits per heavy atom. The van der Waals surface area contributed by atoms with Crippen molar-refractivity contribution in [3.8, 4) is 0 Å². The zero-order chi connectivity index (χ0) is 10.1. The van der Waals surface area contributed by atoms with Gasteiger partial charge < -0.3 is 15.8 Å². The van der Waals surface area contributed by atoms with Gasteiger partial charge in [-0.25, -0.2) is 0 Å². The maximum absolute atomic E-state index is 10.6. The lowest BCUT2D eigenvalue weighted by Crippen LogP contribution is -2.20. The maximum atomic E-state index is 10.6. The zero-order valence-electron chi connectivity index (χ0n) is 7.40. The minimum Gasteiger partial charge on any atom is -0.480 e. The van der Waals surface area contributed by atoms with Gasteiger partial charge in [0.2, 0.25) is 0 Å². The molecule has 4 nitrogen and oxygen atoms in total. The van der Waals surface area contributed by atoms with Gasteiger partial charge in [0.05, 0.1) is 0 Å². The molecule has 1 unspecified atom stereocenters. The second-order valence-corrected chi connectivity index (χ2v) is 3.13. The third-order valence-electron chi connectivity index (χ3n) is 2.15. The van der Waals surface area contributed by atoms with Crippen LogP contribution in [0, 0.1) is 0 Å². The molecule has 0 spiro atoms. The summed E-state index contributed by atoms with van der Waals surface area (Å²) in [4.78, 5) is 13.6. The van der Waals surface area contributed by atoms with E-state index in [0.717, 1.165) is 10.9 Å². The Balaban J connectivity index is 2.50. The summed E-state index contributed by atoms with van der Waals surface area (Å²) in [5, 5.41) is 9.69. The van der Waals surface area contributed by atoms with Gasteiger partial charge in [-0.05, 0) is 17.5 Å². The molecule has 0 bridgehead atoms. The number of aromatic amines is 1. The van der Waals surface area contributed by atoms with Crippen molar-refractivity contribution in [3.05, 3.63) is 36.0 Å². The molecule has 0 amide bonds. The first-order valence-electron chi connectivity index (χ1n) is 4.24. The van der Waals surface area contributed by atoms with Crippen LogP contribution in [0.2, 0.25) is 0 Å². The van der Waals surface area contributed by atoms with Gasteiger partial charge in [-0.1, -0.05) is 18.2 Å². The number of H-pyrrole nitrogens is 1. The lowest BCUT2D eigenvalue weighted by atomic mass is 10.2. The van der Waals surface area contributed by atoms with Crippen LogP contribution in [-0.4, -0.2) is 16.1 Å². The molecule has 0 aliphatic heterocycles. The molecule has 2 rings (SSSR count).